The minimum absolute atomic E-state index is 0.0971. The number of rotatable bonds is 5. The van der Waals surface area contributed by atoms with Crippen LogP contribution in [0, 0.1) is 12.7 Å². The van der Waals surface area contributed by atoms with Gasteiger partial charge in [0, 0.05) is 6.20 Å². The van der Waals surface area contributed by atoms with Gasteiger partial charge in [-0.3, -0.25) is 14.2 Å². The summed E-state index contributed by atoms with van der Waals surface area (Å²) in [5.41, 5.74) is 0.488. The first-order valence-electron chi connectivity index (χ1n) is 5.81. The van der Waals surface area contributed by atoms with E-state index in [0.29, 0.717) is 5.56 Å². The van der Waals surface area contributed by atoms with E-state index in [4.69, 9.17) is 5.11 Å². The van der Waals surface area contributed by atoms with Crippen LogP contribution in [0.4, 0.5) is 10.1 Å². The van der Waals surface area contributed by atoms with Crippen LogP contribution >= 0.6 is 0 Å². The zero-order chi connectivity index (χ0) is 15.6. The molecule has 1 aromatic heterocycles. The summed E-state index contributed by atoms with van der Waals surface area (Å²) in [5, 5.41) is 12.3. The molecule has 0 atom stereocenters. The van der Waals surface area contributed by atoms with Crippen molar-refractivity contribution in [2.75, 3.05) is 4.72 Å². The van der Waals surface area contributed by atoms with Gasteiger partial charge in [0.25, 0.3) is 10.0 Å². The Hall–Kier alpha value is -2.42. The summed E-state index contributed by atoms with van der Waals surface area (Å²) in [5.74, 6) is -1.77. The van der Waals surface area contributed by atoms with Gasteiger partial charge in [0.1, 0.15) is 12.4 Å². The molecule has 0 radical (unpaired) electrons. The Morgan fingerprint density at radius 3 is 2.86 bits per heavy atom. The highest BCUT2D eigenvalue weighted by Crippen LogP contribution is 2.20. The number of aliphatic carboxylic acids is 1. The lowest BCUT2D eigenvalue weighted by Gasteiger charge is -2.08. The first kappa shape index (κ1) is 15.0. The number of anilines is 1. The van der Waals surface area contributed by atoms with Crippen LogP contribution in [0.15, 0.2) is 35.5 Å². The SMILES string of the molecule is Cc1ccc(F)cc1S(=O)(=O)Nc1cnn(CC(=O)O)c1. The Morgan fingerprint density at radius 2 is 2.19 bits per heavy atom. The van der Waals surface area contributed by atoms with Crippen LogP contribution in [0.2, 0.25) is 0 Å². The third-order valence-corrected chi connectivity index (χ3v) is 4.15. The number of aryl methyl sites for hydroxylation is 1. The minimum Gasteiger partial charge on any atom is -0.480 e. The first-order chi connectivity index (χ1) is 9.78. The van der Waals surface area contributed by atoms with Gasteiger partial charge in [0.15, 0.2) is 0 Å². The molecule has 0 saturated carbocycles. The molecular formula is C12H12FN3O4S. The van der Waals surface area contributed by atoms with Gasteiger partial charge in [-0.25, -0.2) is 12.8 Å². The summed E-state index contributed by atoms with van der Waals surface area (Å²) in [6.45, 7) is 1.16. The van der Waals surface area contributed by atoms with E-state index < -0.39 is 21.8 Å². The van der Waals surface area contributed by atoms with E-state index in [2.05, 4.69) is 9.82 Å². The summed E-state index contributed by atoms with van der Waals surface area (Å²) in [6.07, 6.45) is 2.41. The summed E-state index contributed by atoms with van der Waals surface area (Å²) in [7, 11) is -3.97. The fraction of sp³-hybridized carbons (Fsp3) is 0.167. The Morgan fingerprint density at radius 1 is 1.48 bits per heavy atom. The van der Waals surface area contributed by atoms with Crippen molar-refractivity contribution in [3.8, 4) is 0 Å². The van der Waals surface area contributed by atoms with E-state index in [1.807, 2.05) is 0 Å². The molecule has 7 nitrogen and oxygen atoms in total. The number of hydrogen-bond donors (Lipinski definition) is 2. The second-order valence-corrected chi connectivity index (χ2v) is 5.99. The van der Waals surface area contributed by atoms with Crippen LogP contribution in [0.25, 0.3) is 0 Å². The van der Waals surface area contributed by atoms with Crippen molar-refractivity contribution in [1.29, 1.82) is 0 Å². The third-order valence-electron chi connectivity index (χ3n) is 2.62. The number of halogens is 1. The lowest BCUT2D eigenvalue weighted by molar-refractivity contribution is -0.137. The molecule has 0 fully saturated rings. The predicted octanol–water partition coefficient (Wildman–Crippen LogP) is 1.22. The van der Waals surface area contributed by atoms with Gasteiger partial charge in [-0.1, -0.05) is 6.07 Å². The van der Waals surface area contributed by atoms with Crippen molar-refractivity contribution >= 4 is 21.7 Å². The first-order valence-corrected chi connectivity index (χ1v) is 7.29. The van der Waals surface area contributed by atoms with Gasteiger partial charge in [0.05, 0.1) is 16.8 Å². The number of nitrogens with zero attached hydrogens (tertiary/aromatic N) is 2. The van der Waals surface area contributed by atoms with Crippen molar-refractivity contribution < 1.29 is 22.7 Å². The van der Waals surface area contributed by atoms with E-state index >= 15 is 0 Å². The molecule has 0 bridgehead atoms. The lowest BCUT2D eigenvalue weighted by atomic mass is 10.2. The average molecular weight is 313 g/mol. The fourth-order valence-corrected chi connectivity index (χ4v) is 3.00. The van der Waals surface area contributed by atoms with Gasteiger partial charge in [-0.2, -0.15) is 5.10 Å². The number of aromatic nitrogens is 2. The maximum absolute atomic E-state index is 13.2. The van der Waals surface area contributed by atoms with E-state index in [1.54, 1.807) is 6.92 Å². The second-order valence-electron chi connectivity index (χ2n) is 4.34. The second kappa shape index (κ2) is 5.52. The van der Waals surface area contributed by atoms with Gasteiger partial charge in [-0.05, 0) is 24.6 Å². The number of sulfonamides is 1. The fourth-order valence-electron chi connectivity index (χ4n) is 1.71. The third kappa shape index (κ3) is 3.57. The molecule has 2 rings (SSSR count). The summed E-state index contributed by atoms with van der Waals surface area (Å²) in [6, 6.07) is 3.44. The number of carboxylic acids is 1. The number of carboxylic acid groups (broad SMARTS) is 1. The van der Waals surface area contributed by atoms with Crippen molar-refractivity contribution in [2.24, 2.45) is 0 Å². The molecule has 0 unspecified atom stereocenters. The summed E-state index contributed by atoms with van der Waals surface area (Å²) in [4.78, 5) is 10.3. The molecule has 2 N–H and O–H groups in total. The van der Waals surface area contributed by atoms with Crippen molar-refractivity contribution in [2.45, 2.75) is 18.4 Å². The molecule has 0 spiro atoms. The van der Waals surface area contributed by atoms with Crippen LogP contribution in [0.1, 0.15) is 5.56 Å². The van der Waals surface area contributed by atoms with Crippen molar-refractivity contribution in [3.05, 3.63) is 42.0 Å². The van der Waals surface area contributed by atoms with Crippen molar-refractivity contribution in [3.63, 3.8) is 0 Å². The highest BCUT2D eigenvalue weighted by Gasteiger charge is 2.18. The molecule has 0 aliphatic heterocycles. The Balaban J connectivity index is 2.27. The largest absolute Gasteiger partial charge is 0.480 e. The number of nitrogens with one attached hydrogen (secondary N) is 1. The monoisotopic (exact) mass is 313 g/mol. The molecule has 0 aliphatic carbocycles. The molecule has 0 saturated heterocycles. The zero-order valence-electron chi connectivity index (χ0n) is 10.9. The maximum atomic E-state index is 13.2. The Labute approximate surface area is 120 Å². The average Bonchev–Trinajstić information content (AvgIpc) is 2.77. The van der Waals surface area contributed by atoms with Gasteiger partial charge in [-0.15, -0.1) is 0 Å². The van der Waals surface area contributed by atoms with E-state index in [1.165, 1.54) is 24.5 Å². The topological polar surface area (TPSA) is 101 Å². The van der Waals surface area contributed by atoms with Gasteiger partial charge in [0.2, 0.25) is 0 Å². The van der Waals surface area contributed by atoms with Gasteiger partial charge < -0.3 is 5.11 Å². The van der Waals surface area contributed by atoms with Crippen LogP contribution in [-0.4, -0.2) is 29.3 Å². The normalized spacial score (nSPS) is 11.3. The summed E-state index contributed by atoms with van der Waals surface area (Å²) >= 11 is 0. The maximum Gasteiger partial charge on any atom is 0.325 e. The van der Waals surface area contributed by atoms with Crippen LogP contribution < -0.4 is 4.72 Å². The Bertz CT molecular complexity index is 786. The zero-order valence-corrected chi connectivity index (χ0v) is 11.8. The molecule has 9 heteroatoms. The van der Waals surface area contributed by atoms with E-state index in [9.17, 15) is 17.6 Å². The van der Waals surface area contributed by atoms with Crippen LogP contribution in [-0.2, 0) is 21.4 Å². The smallest absolute Gasteiger partial charge is 0.325 e. The van der Waals surface area contributed by atoms with Gasteiger partial charge >= 0.3 is 5.97 Å². The molecule has 1 heterocycles. The van der Waals surface area contributed by atoms with Crippen molar-refractivity contribution in [1.82, 2.24) is 9.78 Å². The van der Waals surface area contributed by atoms with Crippen LogP contribution in [0.3, 0.4) is 0 Å². The molecule has 2 aromatic rings. The molecule has 21 heavy (non-hydrogen) atoms. The highest BCUT2D eigenvalue weighted by molar-refractivity contribution is 7.92. The number of hydrogen-bond acceptors (Lipinski definition) is 4. The predicted molar refractivity (Wildman–Crippen MR) is 71.8 cm³/mol. The minimum atomic E-state index is -3.97. The van der Waals surface area contributed by atoms with E-state index in [-0.39, 0.29) is 17.1 Å². The molecule has 112 valence electrons. The molecule has 1 aromatic carbocycles. The van der Waals surface area contributed by atoms with Crippen LogP contribution in [0.5, 0.6) is 0 Å². The Kier molecular flexibility index (Phi) is 3.94. The quantitative estimate of drug-likeness (QED) is 0.864. The summed E-state index contributed by atoms with van der Waals surface area (Å²) < 4.78 is 40.8. The standard InChI is InChI=1S/C12H12FN3O4S/c1-8-2-3-9(13)4-11(8)21(19,20)15-10-5-14-16(6-10)7-12(17)18/h2-6,15H,7H2,1H3,(H,17,18). The van der Waals surface area contributed by atoms with E-state index in [0.717, 1.165) is 10.7 Å². The molecule has 0 aliphatic rings. The highest BCUT2D eigenvalue weighted by atomic mass is 32.2. The lowest BCUT2D eigenvalue weighted by Crippen LogP contribution is -2.14. The molecular weight excluding hydrogens is 301 g/mol. The number of benzene rings is 1. The number of carbonyl (C=O) groups is 1. The molecule has 0 amide bonds.